The van der Waals surface area contributed by atoms with E-state index in [9.17, 15) is 5.26 Å². The Kier molecular flexibility index (Phi) is 5.11. The Balaban J connectivity index is 1.82. The lowest BCUT2D eigenvalue weighted by atomic mass is 10.2. The Hall–Kier alpha value is -2.39. The summed E-state index contributed by atoms with van der Waals surface area (Å²) in [6.07, 6.45) is 0. The maximum Gasteiger partial charge on any atom is 0.196 e. The fourth-order valence-electron chi connectivity index (χ4n) is 1.93. The molecule has 0 unspecified atom stereocenters. The first kappa shape index (κ1) is 16.5. The highest BCUT2D eigenvalue weighted by molar-refractivity contribution is 7.12. The topological polar surface area (TPSA) is 61.1 Å². The molecule has 3 aromatic rings. The lowest BCUT2D eigenvalue weighted by Crippen LogP contribution is -2.01. The Bertz CT molecular complexity index is 926. The minimum Gasteiger partial charge on any atom is -0.277 e. The van der Waals surface area contributed by atoms with E-state index in [4.69, 9.17) is 23.2 Å². The highest BCUT2D eigenvalue weighted by Crippen LogP contribution is 2.24. The quantitative estimate of drug-likeness (QED) is 0.488. The van der Waals surface area contributed by atoms with Gasteiger partial charge < -0.3 is 0 Å². The third kappa shape index (κ3) is 3.92. The molecule has 1 aromatic heterocycles. The zero-order valence-electron chi connectivity index (χ0n) is 12.2. The van der Waals surface area contributed by atoms with Gasteiger partial charge in [-0.25, -0.2) is 4.98 Å². The van der Waals surface area contributed by atoms with E-state index in [1.165, 1.54) is 11.3 Å². The number of nitrogens with one attached hydrogen (secondary N) is 1. The molecule has 0 amide bonds. The van der Waals surface area contributed by atoms with Gasteiger partial charge in [-0.2, -0.15) is 10.4 Å². The average Bonchev–Trinajstić information content (AvgIpc) is 3.06. The number of aromatic nitrogens is 1. The average molecular weight is 373 g/mol. The molecule has 118 valence electrons. The highest BCUT2D eigenvalue weighted by atomic mass is 35.5. The van der Waals surface area contributed by atoms with E-state index in [-0.39, 0.29) is 5.71 Å². The van der Waals surface area contributed by atoms with Crippen LogP contribution in [0.25, 0.3) is 11.3 Å². The number of nitriles is 1. The molecule has 1 N–H and O–H groups in total. The van der Waals surface area contributed by atoms with Gasteiger partial charge >= 0.3 is 0 Å². The van der Waals surface area contributed by atoms with Crippen LogP contribution < -0.4 is 5.43 Å². The second-order valence-electron chi connectivity index (χ2n) is 4.74. The van der Waals surface area contributed by atoms with E-state index in [0.29, 0.717) is 20.7 Å². The van der Waals surface area contributed by atoms with Gasteiger partial charge in [-0.3, -0.25) is 5.43 Å². The Morgan fingerprint density at radius 1 is 1.12 bits per heavy atom. The van der Waals surface area contributed by atoms with Crippen molar-refractivity contribution in [1.82, 2.24) is 4.98 Å². The monoisotopic (exact) mass is 372 g/mol. The predicted molar refractivity (Wildman–Crippen MR) is 99.8 cm³/mol. The van der Waals surface area contributed by atoms with E-state index in [1.54, 1.807) is 30.3 Å². The van der Waals surface area contributed by atoms with E-state index in [2.05, 4.69) is 21.6 Å². The summed E-state index contributed by atoms with van der Waals surface area (Å²) in [6.45, 7) is 0. The molecular weight excluding hydrogens is 363 g/mol. The van der Waals surface area contributed by atoms with Crippen molar-refractivity contribution in [3.05, 3.63) is 69.0 Å². The third-order valence-corrected chi connectivity index (χ3v) is 4.41. The van der Waals surface area contributed by atoms with Crippen LogP contribution in [0, 0.1) is 11.3 Å². The van der Waals surface area contributed by atoms with Crippen molar-refractivity contribution in [2.45, 2.75) is 0 Å². The summed E-state index contributed by atoms with van der Waals surface area (Å²) in [5.41, 5.74) is 5.44. The molecule has 0 aliphatic carbocycles. The van der Waals surface area contributed by atoms with Gasteiger partial charge in [0.2, 0.25) is 0 Å². The van der Waals surface area contributed by atoms with E-state index in [0.717, 1.165) is 11.3 Å². The fourth-order valence-corrected chi connectivity index (χ4v) is 3.02. The minimum absolute atomic E-state index is 0.209. The van der Waals surface area contributed by atoms with E-state index >= 15 is 0 Å². The zero-order chi connectivity index (χ0) is 16.9. The molecule has 3 rings (SSSR count). The number of nitrogens with zero attached hydrogens (tertiary/aromatic N) is 3. The van der Waals surface area contributed by atoms with Gasteiger partial charge in [0.25, 0.3) is 0 Å². The molecule has 0 saturated heterocycles. The van der Waals surface area contributed by atoms with Crippen LogP contribution in [-0.2, 0) is 0 Å². The molecule has 4 nitrogen and oxygen atoms in total. The summed E-state index contributed by atoms with van der Waals surface area (Å²) < 4.78 is 0. The van der Waals surface area contributed by atoms with Gasteiger partial charge in [0.1, 0.15) is 6.07 Å². The number of hydrazone groups is 1. The molecule has 2 aromatic carbocycles. The summed E-state index contributed by atoms with van der Waals surface area (Å²) in [5.74, 6) is 0. The molecule has 0 aliphatic rings. The molecule has 0 atom stereocenters. The van der Waals surface area contributed by atoms with Gasteiger partial charge in [0, 0.05) is 21.0 Å². The standard InChI is InChI=1S/C17H10Cl2N4S/c18-12-6-4-11(5-7-12)16-10-24-17(21-16)15(9-20)23-22-14-3-1-2-13(19)8-14/h1-8,10,22H. The van der Waals surface area contributed by atoms with Gasteiger partial charge in [-0.05, 0) is 30.3 Å². The number of anilines is 1. The lowest BCUT2D eigenvalue weighted by molar-refractivity contribution is 1.31. The molecule has 1 heterocycles. The molecule has 0 spiro atoms. The maximum absolute atomic E-state index is 9.33. The fraction of sp³-hybridized carbons (Fsp3) is 0. The highest BCUT2D eigenvalue weighted by Gasteiger charge is 2.10. The van der Waals surface area contributed by atoms with Crippen molar-refractivity contribution in [2.24, 2.45) is 5.10 Å². The van der Waals surface area contributed by atoms with Crippen LogP contribution in [0.2, 0.25) is 10.0 Å². The molecule has 0 aliphatic heterocycles. The normalized spacial score (nSPS) is 11.1. The van der Waals surface area contributed by atoms with Crippen molar-refractivity contribution in [2.75, 3.05) is 5.43 Å². The summed E-state index contributed by atoms with van der Waals surface area (Å²) >= 11 is 13.2. The van der Waals surface area contributed by atoms with Crippen LogP contribution >= 0.6 is 34.5 Å². The van der Waals surface area contributed by atoms with Crippen LogP contribution in [-0.4, -0.2) is 10.7 Å². The summed E-state index contributed by atoms with van der Waals surface area (Å²) in [4.78, 5) is 4.47. The van der Waals surface area contributed by atoms with Gasteiger partial charge in [0.05, 0.1) is 11.4 Å². The molecule has 0 saturated carbocycles. The Labute approximate surface area is 153 Å². The van der Waals surface area contributed by atoms with E-state index in [1.807, 2.05) is 23.6 Å². The number of rotatable bonds is 4. The molecule has 24 heavy (non-hydrogen) atoms. The largest absolute Gasteiger partial charge is 0.277 e. The maximum atomic E-state index is 9.33. The van der Waals surface area contributed by atoms with Crippen molar-refractivity contribution >= 4 is 45.9 Å². The SMILES string of the molecule is N#CC(=NNc1cccc(Cl)c1)c1nc(-c2ccc(Cl)cc2)cs1. The van der Waals surface area contributed by atoms with E-state index < -0.39 is 0 Å². The number of hydrogen-bond donors (Lipinski definition) is 1. The number of halogens is 2. The van der Waals surface area contributed by atoms with Crippen molar-refractivity contribution < 1.29 is 0 Å². The number of hydrogen-bond acceptors (Lipinski definition) is 5. The summed E-state index contributed by atoms with van der Waals surface area (Å²) in [7, 11) is 0. The lowest BCUT2D eigenvalue weighted by Gasteiger charge is -2.00. The predicted octanol–water partition coefficient (Wildman–Crippen LogP) is 5.46. The third-order valence-electron chi connectivity index (χ3n) is 3.07. The van der Waals surface area contributed by atoms with Crippen molar-refractivity contribution in [1.29, 1.82) is 5.26 Å². The van der Waals surface area contributed by atoms with Crippen LogP contribution in [0.3, 0.4) is 0 Å². The minimum atomic E-state index is 0.209. The van der Waals surface area contributed by atoms with Gasteiger partial charge in [0.15, 0.2) is 10.7 Å². The van der Waals surface area contributed by atoms with Gasteiger partial charge in [-0.15, -0.1) is 11.3 Å². The van der Waals surface area contributed by atoms with Gasteiger partial charge in [-0.1, -0.05) is 41.4 Å². The molecule has 0 radical (unpaired) electrons. The smallest absolute Gasteiger partial charge is 0.196 e. The number of thiazole rings is 1. The van der Waals surface area contributed by atoms with Crippen LogP contribution in [0.1, 0.15) is 5.01 Å². The molecule has 0 fully saturated rings. The zero-order valence-corrected chi connectivity index (χ0v) is 14.5. The van der Waals surface area contributed by atoms with Crippen LogP contribution in [0.4, 0.5) is 5.69 Å². The van der Waals surface area contributed by atoms with Crippen LogP contribution in [0.5, 0.6) is 0 Å². The summed E-state index contributed by atoms with van der Waals surface area (Å²) in [6, 6.07) is 16.5. The molecule has 7 heteroatoms. The second-order valence-corrected chi connectivity index (χ2v) is 6.47. The number of benzene rings is 2. The summed E-state index contributed by atoms with van der Waals surface area (Å²) in [5, 5.41) is 17.1. The van der Waals surface area contributed by atoms with Crippen molar-refractivity contribution in [3.8, 4) is 17.3 Å². The van der Waals surface area contributed by atoms with Crippen molar-refractivity contribution in [3.63, 3.8) is 0 Å². The Morgan fingerprint density at radius 2 is 1.92 bits per heavy atom. The first-order valence-corrected chi connectivity index (χ1v) is 8.50. The first-order valence-electron chi connectivity index (χ1n) is 6.87. The van der Waals surface area contributed by atoms with Crippen LogP contribution in [0.15, 0.2) is 59.0 Å². The Morgan fingerprint density at radius 3 is 2.62 bits per heavy atom. The second kappa shape index (κ2) is 7.45. The first-order chi connectivity index (χ1) is 11.7. The molecule has 0 bridgehead atoms. The molecular formula is C17H10Cl2N4S.